The zero-order valence-electron chi connectivity index (χ0n) is 36.2. The van der Waals surface area contributed by atoms with Crippen molar-refractivity contribution in [3.63, 3.8) is 0 Å². The van der Waals surface area contributed by atoms with Gasteiger partial charge in [-0.15, -0.1) is 0 Å². The molecule has 12 aromatic rings. The Kier molecular flexibility index (Phi) is 8.29. The van der Waals surface area contributed by atoms with Crippen molar-refractivity contribution in [2.75, 3.05) is 4.90 Å². The van der Waals surface area contributed by atoms with Crippen molar-refractivity contribution in [2.45, 2.75) is 19.3 Å². The van der Waals surface area contributed by atoms with Gasteiger partial charge in [-0.3, -0.25) is 0 Å². The van der Waals surface area contributed by atoms with Crippen molar-refractivity contribution in [2.24, 2.45) is 0 Å². The third kappa shape index (κ3) is 5.74. The lowest BCUT2D eigenvalue weighted by atomic mass is 9.82. The number of hydrogen-bond donors (Lipinski definition) is 0. The molecule has 0 amide bonds. The minimum Gasteiger partial charge on any atom is -0.455 e. The molecule has 0 N–H and O–H groups in total. The third-order valence-corrected chi connectivity index (χ3v) is 14.1. The summed E-state index contributed by atoms with van der Waals surface area (Å²) in [5, 5.41) is 9.40. The molecule has 0 bridgehead atoms. The Morgan fingerprint density at radius 3 is 1.65 bits per heavy atom. The molecular weight excluding hydrogens is 787 g/mol. The molecule has 1 heterocycles. The molecule has 0 fully saturated rings. The van der Waals surface area contributed by atoms with Crippen molar-refractivity contribution in [3.8, 4) is 44.5 Å². The zero-order chi connectivity index (χ0) is 43.2. The summed E-state index contributed by atoms with van der Waals surface area (Å²) < 4.78 is 7.03. The van der Waals surface area contributed by atoms with E-state index in [4.69, 9.17) is 4.42 Å². The van der Waals surface area contributed by atoms with Gasteiger partial charge in [0.05, 0.1) is 5.69 Å². The molecule has 1 aliphatic rings. The molecule has 0 radical (unpaired) electrons. The number of fused-ring (bicyclic) bond motifs is 12. The first-order valence-corrected chi connectivity index (χ1v) is 22.6. The summed E-state index contributed by atoms with van der Waals surface area (Å²) in [6.45, 7) is 4.72. The smallest absolute Gasteiger partial charge is 0.143 e. The quantitative estimate of drug-likeness (QED) is 0.155. The average molecular weight is 830 g/mol. The van der Waals surface area contributed by atoms with E-state index in [1.165, 1.54) is 71.4 Å². The number of benzene rings is 11. The zero-order valence-corrected chi connectivity index (χ0v) is 36.2. The van der Waals surface area contributed by atoms with Crippen molar-refractivity contribution >= 4 is 71.3 Å². The van der Waals surface area contributed by atoms with Crippen LogP contribution in [0.2, 0.25) is 0 Å². The van der Waals surface area contributed by atoms with Crippen LogP contribution in [0, 0.1) is 0 Å². The van der Waals surface area contributed by atoms with Crippen LogP contribution in [0.1, 0.15) is 25.0 Å². The van der Waals surface area contributed by atoms with E-state index in [2.05, 4.69) is 243 Å². The Hall–Kier alpha value is -8.20. The molecule has 306 valence electrons. The van der Waals surface area contributed by atoms with Gasteiger partial charge in [0.1, 0.15) is 11.2 Å². The van der Waals surface area contributed by atoms with Gasteiger partial charge < -0.3 is 9.32 Å². The van der Waals surface area contributed by atoms with Crippen LogP contribution in [-0.2, 0) is 5.41 Å². The summed E-state index contributed by atoms with van der Waals surface area (Å²) in [4.78, 5) is 2.46. The summed E-state index contributed by atoms with van der Waals surface area (Å²) in [6.07, 6.45) is 0. The summed E-state index contributed by atoms with van der Waals surface area (Å²) >= 11 is 0. The first kappa shape index (κ1) is 37.4. The lowest BCUT2D eigenvalue weighted by Crippen LogP contribution is -2.16. The van der Waals surface area contributed by atoms with E-state index in [1.807, 2.05) is 0 Å². The standard InChI is InChI=1S/C63H43NO/c1-63(2)57-28-16-15-24-49(57)50-34-33-44(37-58(50)63)64(43-31-29-41(30-32-43)40-17-5-3-6-18-40)59-36-35-48(45-21-9-12-25-51(45)59)55-39-60-56(38-54(55)42-19-7-4-8-20-42)61-52-26-13-10-22-46(52)47-23-11-14-27-53(47)62(61)65-60/h3-39H,1-2H3. The Bertz CT molecular complexity index is 3840. The number of rotatable bonds is 6. The fourth-order valence-electron chi connectivity index (χ4n) is 10.9. The van der Waals surface area contributed by atoms with Gasteiger partial charge in [0.2, 0.25) is 0 Å². The third-order valence-electron chi connectivity index (χ3n) is 14.1. The normalized spacial score (nSPS) is 12.9. The molecule has 65 heavy (non-hydrogen) atoms. The Morgan fingerprint density at radius 1 is 0.338 bits per heavy atom. The van der Waals surface area contributed by atoms with Gasteiger partial charge in [-0.2, -0.15) is 0 Å². The predicted molar refractivity (Wildman–Crippen MR) is 275 cm³/mol. The summed E-state index contributed by atoms with van der Waals surface area (Å²) in [7, 11) is 0. The minimum absolute atomic E-state index is 0.140. The molecular formula is C63H43NO. The number of nitrogens with zero attached hydrogens (tertiary/aromatic N) is 1. The van der Waals surface area contributed by atoms with Crippen molar-refractivity contribution in [1.82, 2.24) is 0 Å². The fraction of sp³-hybridized carbons (Fsp3) is 0.0476. The first-order valence-electron chi connectivity index (χ1n) is 22.6. The van der Waals surface area contributed by atoms with Gasteiger partial charge in [-0.05, 0) is 120 Å². The second kappa shape index (κ2) is 14.4. The monoisotopic (exact) mass is 829 g/mol. The maximum absolute atomic E-state index is 7.03. The molecule has 1 aliphatic carbocycles. The number of hydrogen-bond acceptors (Lipinski definition) is 2. The highest BCUT2D eigenvalue weighted by molar-refractivity contribution is 6.30. The fourth-order valence-corrected chi connectivity index (χ4v) is 10.9. The van der Waals surface area contributed by atoms with Crippen LogP contribution >= 0.6 is 0 Å². The number of furan rings is 1. The molecule has 0 aliphatic heterocycles. The van der Waals surface area contributed by atoms with Crippen molar-refractivity contribution in [1.29, 1.82) is 0 Å². The molecule has 13 rings (SSSR count). The van der Waals surface area contributed by atoms with Crippen molar-refractivity contribution < 1.29 is 4.42 Å². The maximum Gasteiger partial charge on any atom is 0.143 e. The summed E-state index contributed by atoms with van der Waals surface area (Å²) in [5.74, 6) is 0. The van der Waals surface area contributed by atoms with E-state index < -0.39 is 0 Å². The van der Waals surface area contributed by atoms with Gasteiger partial charge in [-0.1, -0.05) is 196 Å². The molecule has 0 saturated heterocycles. The lowest BCUT2D eigenvalue weighted by molar-refractivity contribution is 0.660. The van der Waals surface area contributed by atoms with Crippen LogP contribution in [0.15, 0.2) is 229 Å². The predicted octanol–water partition coefficient (Wildman–Crippen LogP) is 17.8. The second-order valence-electron chi connectivity index (χ2n) is 18.0. The largest absolute Gasteiger partial charge is 0.455 e. The topological polar surface area (TPSA) is 16.4 Å². The van der Waals surface area contributed by atoms with Gasteiger partial charge >= 0.3 is 0 Å². The second-order valence-corrected chi connectivity index (χ2v) is 18.0. The van der Waals surface area contributed by atoms with Crippen LogP contribution in [0.5, 0.6) is 0 Å². The Balaban J connectivity index is 1.05. The Morgan fingerprint density at radius 2 is 0.892 bits per heavy atom. The van der Waals surface area contributed by atoms with Crippen molar-refractivity contribution in [3.05, 3.63) is 236 Å². The van der Waals surface area contributed by atoms with Crippen LogP contribution in [-0.4, -0.2) is 0 Å². The van der Waals surface area contributed by atoms with Gasteiger partial charge in [-0.25, -0.2) is 0 Å². The van der Waals surface area contributed by atoms with Crippen LogP contribution in [0.4, 0.5) is 17.1 Å². The molecule has 1 aromatic heterocycles. The van der Waals surface area contributed by atoms with E-state index in [0.717, 1.165) is 55.5 Å². The molecule has 2 heteroatoms. The molecule has 2 nitrogen and oxygen atoms in total. The van der Waals surface area contributed by atoms with E-state index in [-0.39, 0.29) is 5.41 Å². The van der Waals surface area contributed by atoms with E-state index >= 15 is 0 Å². The average Bonchev–Trinajstić information content (AvgIpc) is 3.86. The highest BCUT2D eigenvalue weighted by Gasteiger charge is 2.36. The SMILES string of the molecule is CC1(C)c2ccccc2-c2ccc(N(c3ccc(-c4ccccc4)cc3)c3ccc(-c4cc5oc6c7ccccc7c7ccccc7c6c5cc4-c4ccccc4)c4ccccc34)cc21. The van der Waals surface area contributed by atoms with Crippen LogP contribution < -0.4 is 4.90 Å². The van der Waals surface area contributed by atoms with Crippen LogP contribution in [0.3, 0.4) is 0 Å². The molecule has 0 saturated carbocycles. The number of anilines is 3. The molecule has 0 spiro atoms. The van der Waals surface area contributed by atoms with Gasteiger partial charge in [0.25, 0.3) is 0 Å². The maximum atomic E-state index is 7.03. The molecule has 11 aromatic carbocycles. The first-order chi connectivity index (χ1) is 32.0. The highest BCUT2D eigenvalue weighted by atomic mass is 16.3. The molecule has 0 unspecified atom stereocenters. The lowest BCUT2D eigenvalue weighted by Gasteiger charge is -2.29. The van der Waals surface area contributed by atoms with E-state index in [1.54, 1.807) is 0 Å². The van der Waals surface area contributed by atoms with E-state index in [0.29, 0.717) is 0 Å². The summed E-state index contributed by atoms with van der Waals surface area (Å²) in [6, 6.07) is 82.1. The van der Waals surface area contributed by atoms with Gasteiger partial charge in [0.15, 0.2) is 0 Å². The van der Waals surface area contributed by atoms with Crippen LogP contribution in [0.25, 0.3) is 98.8 Å². The summed E-state index contributed by atoms with van der Waals surface area (Å²) in [5.41, 5.74) is 17.4. The minimum atomic E-state index is -0.140. The highest BCUT2D eigenvalue weighted by Crippen LogP contribution is 2.52. The van der Waals surface area contributed by atoms with E-state index in [9.17, 15) is 0 Å². The van der Waals surface area contributed by atoms with Gasteiger partial charge in [0, 0.05) is 38.3 Å². The molecule has 0 atom stereocenters. The Labute approximate surface area is 378 Å².